The molecule has 0 aromatic rings. The molecule has 0 aromatic heterocycles. The summed E-state index contributed by atoms with van der Waals surface area (Å²) in [6.07, 6.45) is 0. The summed E-state index contributed by atoms with van der Waals surface area (Å²) in [4.78, 5) is 0. The van der Waals surface area contributed by atoms with Crippen LogP contribution in [-0.2, 0) is 37.8 Å². The molecule has 0 spiro atoms. The maximum atomic E-state index is 0. The number of rotatable bonds is 0. The van der Waals surface area contributed by atoms with Gasteiger partial charge in [0.1, 0.15) is 0 Å². The second-order valence-corrected chi connectivity index (χ2v) is 0. The molecule has 0 saturated heterocycles. The Kier molecular flexibility index (Phi) is 117. The van der Waals surface area contributed by atoms with Crippen molar-refractivity contribution in [2.75, 3.05) is 0 Å². The van der Waals surface area contributed by atoms with Crippen LogP contribution in [0.1, 0.15) is 1.43 Å². The maximum Gasteiger partial charge on any atom is 1.00 e. The van der Waals surface area contributed by atoms with E-state index in [0.717, 1.165) is 0 Å². The van der Waals surface area contributed by atoms with Gasteiger partial charge in [-0.1, -0.05) is 0 Å². The predicted octanol–water partition coefficient (Wildman–Crippen LogP) is -2.89. The summed E-state index contributed by atoms with van der Waals surface area (Å²) in [5.74, 6) is 0. The number of hydrogen-bond acceptors (Lipinski definition) is 0. The van der Waals surface area contributed by atoms with Gasteiger partial charge < -0.3 is 1.43 Å². The molecule has 20 valence electrons. The summed E-state index contributed by atoms with van der Waals surface area (Å²) >= 11 is 0. The van der Waals surface area contributed by atoms with Gasteiger partial charge in [-0.2, -0.15) is 0 Å². The normalized spacial score (nSPS) is 0. The molecule has 0 amide bonds. The summed E-state index contributed by atoms with van der Waals surface area (Å²) in [5.41, 5.74) is 0. The fourth-order valence-electron chi connectivity index (χ4n) is 0. The molecular formula is HCoLaLiMo. The van der Waals surface area contributed by atoms with Crippen molar-refractivity contribution in [2.45, 2.75) is 0 Å². The second-order valence-electron chi connectivity index (χ2n) is 0. The fourth-order valence-corrected chi connectivity index (χ4v) is 0. The van der Waals surface area contributed by atoms with Crippen molar-refractivity contribution in [1.29, 1.82) is 0 Å². The van der Waals surface area contributed by atoms with Gasteiger partial charge in [-0.15, -0.1) is 0 Å². The molecule has 0 aliphatic rings. The van der Waals surface area contributed by atoms with Gasteiger partial charge in [0.15, 0.2) is 0 Å². The van der Waals surface area contributed by atoms with E-state index in [4.69, 9.17) is 0 Å². The molecule has 0 fully saturated rings. The minimum Gasteiger partial charge on any atom is -1.00 e. The molecule has 0 rings (SSSR count). The molecular weight excluding hydrogens is 301 g/mol. The average Bonchev–Trinajstić information content (AvgIpc) is 0. The van der Waals surface area contributed by atoms with Crippen molar-refractivity contribution >= 4 is 0 Å². The topological polar surface area (TPSA) is 0 Å². The van der Waals surface area contributed by atoms with E-state index >= 15 is 0 Å². The molecule has 2 radical (unpaired) electrons. The standard InChI is InChI=1S/Co.La.Li.Mo.H/q;;+1;;-1. The second kappa shape index (κ2) is 16.7. The SMILES string of the molecule is [Co].[H-].[La].[Li+].[Mo]. The van der Waals surface area contributed by atoms with E-state index in [1.54, 1.807) is 0 Å². The zero-order valence-electron chi connectivity index (χ0n) is 3.32. The van der Waals surface area contributed by atoms with E-state index < -0.39 is 0 Å². The van der Waals surface area contributed by atoms with Gasteiger partial charge in [0, 0.05) is 73.4 Å². The Hall–Kier alpha value is 2.99. The van der Waals surface area contributed by atoms with Crippen LogP contribution in [0.5, 0.6) is 0 Å². The Bertz CT molecular complexity index is 11.6. The molecule has 0 aromatic carbocycles. The van der Waals surface area contributed by atoms with E-state index in [0.29, 0.717) is 0 Å². The van der Waals surface area contributed by atoms with Crippen molar-refractivity contribution < 1.29 is 93.7 Å². The van der Waals surface area contributed by atoms with Crippen LogP contribution in [0.4, 0.5) is 0 Å². The van der Waals surface area contributed by atoms with Crippen LogP contribution in [-0.4, -0.2) is 0 Å². The van der Waals surface area contributed by atoms with Crippen LogP contribution >= 0.6 is 0 Å². The summed E-state index contributed by atoms with van der Waals surface area (Å²) in [6.45, 7) is 0. The Morgan fingerprint density at radius 2 is 1.25 bits per heavy atom. The molecule has 0 aliphatic carbocycles. The molecule has 4 heteroatoms. The molecule has 0 aliphatic heterocycles. The van der Waals surface area contributed by atoms with E-state index in [1.807, 2.05) is 0 Å². The van der Waals surface area contributed by atoms with Gasteiger partial charge in [-0.05, 0) is 0 Å². The summed E-state index contributed by atoms with van der Waals surface area (Å²) in [7, 11) is 0. The van der Waals surface area contributed by atoms with Crippen molar-refractivity contribution in [3.63, 3.8) is 0 Å². The van der Waals surface area contributed by atoms with Crippen LogP contribution in [0.25, 0.3) is 0 Å². The fraction of sp³-hybridized carbons (Fsp3) is 0. The minimum atomic E-state index is 0. The van der Waals surface area contributed by atoms with Crippen LogP contribution < -0.4 is 18.9 Å². The Labute approximate surface area is 92.0 Å². The molecule has 0 nitrogen and oxygen atoms in total. The third kappa shape index (κ3) is 8.89. The van der Waals surface area contributed by atoms with Gasteiger partial charge in [0.05, 0.1) is 0 Å². The van der Waals surface area contributed by atoms with Crippen LogP contribution in [0.3, 0.4) is 0 Å². The first kappa shape index (κ1) is 28.1. The van der Waals surface area contributed by atoms with Crippen molar-refractivity contribution in [2.24, 2.45) is 0 Å². The van der Waals surface area contributed by atoms with Gasteiger partial charge in [-0.3, -0.25) is 0 Å². The molecule has 0 atom stereocenters. The Morgan fingerprint density at radius 3 is 1.25 bits per heavy atom. The largest absolute Gasteiger partial charge is 1.00 e. The van der Waals surface area contributed by atoms with Crippen LogP contribution in [0, 0.1) is 35.6 Å². The predicted molar refractivity (Wildman–Crippen MR) is 1.11 cm³/mol. The zero-order chi connectivity index (χ0) is 0. The molecule has 4 heavy (non-hydrogen) atoms. The van der Waals surface area contributed by atoms with Crippen LogP contribution in [0.2, 0.25) is 0 Å². The summed E-state index contributed by atoms with van der Waals surface area (Å²) in [6, 6.07) is 0. The molecule has 0 N–H and O–H groups in total. The van der Waals surface area contributed by atoms with E-state index in [9.17, 15) is 0 Å². The monoisotopic (exact) mass is 304 g/mol. The van der Waals surface area contributed by atoms with Gasteiger partial charge in [0.25, 0.3) is 0 Å². The van der Waals surface area contributed by atoms with Gasteiger partial charge in [-0.25, -0.2) is 0 Å². The van der Waals surface area contributed by atoms with Crippen molar-refractivity contribution in [3.8, 4) is 0 Å². The molecule has 0 heterocycles. The quantitative estimate of drug-likeness (QED) is 0.422. The maximum absolute atomic E-state index is 0. The van der Waals surface area contributed by atoms with Crippen molar-refractivity contribution in [1.82, 2.24) is 0 Å². The van der Waals surface area contributed by atoms with E-state index in [2.05, 4.69) is 0 Å². The first-order valence-corrected chi connectivity index (χ1v) is 0. The third-order valence-electron chi connectivity index (χ3n) is 0. The first-order chi connectivity index (χ1) is 0. The van der Waals surface area contributed by atoms with E-state index in [1.165, 1.54) is 0 Å². The van der Waals surface area contributed by atoms with E-state index in [-0.39, 0.29) is 93.7 Å². The zero-order valence-corrected chi connectivity index (χ0v) is 8.99. The molecule has 0 unspecified atom stereocenters. The molecule has 0 saturated carbocycles. The average molecular weight is 302 g/mol. The first-order valence-electron chi connectivity index (χ1n) is 0. The van der Waals surface area contributed by atoms with Crippen molar-refractivity contribution in [3.05, 3.63) is 0 Å². The Balaban J connectivity index is 0. The molecule has 0 bridgehead atoms. The van der Waals surface area contributed by atoms with Crippen LogP contribution in [0.15, 0.2) is 0 Å². The minimum absolute atomic E-state index is 0. The third-order valence-corrected chi connectivity index (χ3v) is 0. The smallest absolute Gasteiger partial charge is 1.00 e. The Morgan fingerprint density at radius 1 is 1.25 bits per heavy atom. The van der Waals surface area contributed by atoms with Gasteiger partial charge >= 0.3 is 18.9 Å². The van der Waals surface area contributed by atoms with Gasteiger partial charge in [0.2, 0.25) is 0 Å². The summed E-state index contributed by atoms with van der Waals surface area (Å²) in [5, 5.41) is 0. The number of hydrogen-bond donors (Lipinski definition) is 0. The summed E-state index contributed by atoms with van der Waals surface area (Å²) < 4.78 is 0.